The van der Waals surface area contributed by atoms with Crippen molar-refractivity contribution in [2.75, 3.05) is 11.9 Å². The Balaban J connectivity index is 1.78. The van der Waals surface area contributed by atoms with E-state index in [1.165, 1.54) is 4.90 Å². The Labute approximate surface area is 167 Å². The van der Waals surface area contributed by atoms with Crippen LogP contribution in [0.3, 0.4) is 0 Å². The monoisotopic (exact) mass is 398 g/mol. The van der Waals surface area contributed by atoms with E-state index in [1.54, 1.807) is 17.8 Å². The summed E-state index contributed by atoms with van der Waals surface area (Å²) >= 11 is 7.43. The Kier molecular flexibility index (Phi) is 5.58. The van der Waals surface area contributed by atoms with Crippen LogP contribution in [0.5, 0.6) is 0 Å². The number of hydrogen-bond donors (Lipinski definition) is 1. The molecule has 2 N–H and O–H groups in total. The lowest BCUT2D eigenvalue weighted by atomic mass is 10.2. The van der Waals surface area contributed by atoms with E-state index in [4.69, 9.17) is 17.3 Å². The van der Waals surface area contributed by atoms with Gasteiger partial charge in [-0.15, -0.1) is 0 Å². The molecular weight excluding hydrogens is 380 g/mol. The lowest BCUT2D eigenvalue weighted by Crippen LogP contribution is -2.26. The van der Waals surface area contributed by atoms with E-state index in [2.05, 4.69) is 11.7 Å². The number of halogens is 1. The number of aryl methyl sites for hydroxylation is 1. The fraction of sp³-hybridized carbons (Fsp3) is 0.100. The number of carbonyl (C=O) groups excluding carboxylic acids is 1. The summed E-state index contributed by atoms with van der Waals surface area (Å²) in [6, 6.07) is 13.3. The normalized spacial score (nSPS) is 12.0. The minimum absolute atomic E-state index is 0.241. The molecule has 3 rings (SSSR count). The number of carbonyl (C=O) groups is 1. The first-order valence-electron chi connectivity index (χ1n) is 8.18. The van der Waals surface area contributed by atoms with Crippen molar-refractivity contribution in [1.29, 1.82) is 0 Å². The van der Waals surface area contributed by atoms with Crippen LogP contribution in [0.1, 0.15) is 11.1 Å². The third-order valence-corrected chi connectivity index (χ3v) is 5.36. The van der Waals surface area contributed by atoms with Crippen LogP contribution in [0.2, 0.25) is 0 Å². The molecule has 0 aliphatic carbocycles. The van der Waals surface area contributed by atoms with Crippen molar-refractivity contribution in [2.24, 2.45) is 5.73 Å². The predicted octanol–water partition coefficient (Wildman–Crippen LogP) is 4.38. The second-order valence-corrected chi connectivity index (χ2v) is 7.71. The van der Waals surface area contributed by atoms with Gasteiger partial charge in [-0.3, -0.25) is 4.79 Å². The summed E-state index contributed by atoms with van der Waals surface area (Å²) in [5.41, 5.74) is 10.0. The summed E-state index contributed by atoms with van der Waals surface area (Å²) in [6.45, 7) is 5.86. The molecule has 0 aliphatic rings. The lowest BCUT2D eigenvalue weighted by Gasteiger charge is -2.18. The zero-order valence-corrected chi connectivity index (χ0v) is 16.6. The molecule has 0 fully saturated rings. The first-order chi connectivity index (χ1) is 12.9. The highest BCUT2D eigenvalue weighted by Crippen LogP contribution is 2.34. The van der Waals surface area contributed by atoms with Crippen LogP contribution in [0.15, 0.2) is 70.7 Å². The first kappa shape index (κ1) is 19.1. The van der Waals surface area contributed by atoms with Gasteiger partial charge >= 0.3 is 0 Å². The maximum atomic E-state index is 12.7. The van der Waals surface area contributed by atoms with Crippen LogP contribution in [0, 0.1) is 6.92 Å². The topological polar surface area (TPSA) is 63.6 Å². The largest absolute Gasteiger partial charge is 0.396 e. The number of benzene rings is 1. The van der Waals surface area contributed by atoms with Gasteiger partial charge in [0, 0.05) is 24.5 Å². The Morgan fingerprint density at radius 1 is 1.26 bits per heavy atom. The summed E-state index contributed by atoms with van der Waals surface area (Å²) < 4.78 is 1.99. The van der Waals surface area contributed by atoms with Crippen molar-refractivity contribution >= 4 is 46.2 Å². The number of anilines is 1. The molecule has 0 radical (unpaired) electrons. The molecular formula is C20H19ClN4OS. The van der Waals surface area contributed by atoms with E-state index < -0.39 is 0 Å². The number of rotatable bonds is 5. The molecule has 0 aliphatic heterocycles. The van der Waals surface area contributed by atoms with Crippen molar-refractivity contribution in [3.05, 3.63) is 81.8 Å². The van der Waals surface area contributed by atoms with Gasteiger partial charge in [0.05, 0.1) is 22.3 Å². The van der Waals surface area contributed by atoms with E-state index >= 15 is 0 Å². The van der Waals surface area contributed by atoms with Crippen LogP contribution in [-0.2, 0) is 4.79 Å². The van der Waals surface area contributed by atoms with Gasteiger partial charge < -0.3 is 10.6 Å². The smallest absolute Gasteiger partial charge is 0.264 e. The molecule has 138 valence electrons. The average Bonchev–Trinajstić information content (AvgIpc) is 3.10. The van der Waals surface area contributed by atoms with Gasteiger partial charge in [-0.25, -0.2) is 4.52 Å². The molecule has 3 aromatic rings. The van der Waals surface area contributed by atoms with E-state index in [0.717, 1.165) is 28.5 Å². The summed E-state index contributed by atoms with van der Waals surface area (Å²) in [7, 11) is 1.70. The molecule has 0 unspecified atom stereocenters. The molecule has 2 heterocycles. The van der Waals surface area contributed by atoms with Crippen LogP contribution < -0.4 is 10.6 Å². The highest BCUT2D eigenvalue weighted by Gasteiger charge is 2.18. The van der Waals surface area contributed by atoms with Gasteiger partial charge in [-0.1, -0.05) is 53.7 Å². The minimum atomic E-state index is -0.241. The average molecular weight is 399 g/mol. The highest BCUT2D eigenvalue weighted by molar-refractivity contribution is 8.09. The third kappa shape index (κ3) is 4.02. The molecule has 1 aromatic carbocycles. The number of nitrogens with zero attached hydrogens (tertiary/aromatic N) is 3. The number of nitrogens with two attached hydrogens (primary N) is 1. The van der Waals surface area contributed by atoms with Gasteiger partial charge in [-0.05, 0) is 31.2 Å². The summed E-state index contributed by atoms with van der Waals surface area (Å²) in [5, 5.41) is 4.25. The van der Waals surface area contributed by atoms with Gasteiger partial charge in [0.25, 0.3) is 5.91 Å². The molecule has 0 atom stereocenters. The lowest BCUT2D eigenvalue weighted by molar-refractivity contribution is -0.114. The molecule has 0 saturated carbocycles. The quantitative estimate of drug-likeness (QED) is 0.648. The zero-order chi connectivity index (χ0) is 19.6. The van der Waals surface area contributed by atoms with Gasteiger partial charge in [0.15, 0.2) is 0 Å². The van der Waals surface area contributed by atoms with Gasteiger partial charge in [-0.2, -0.15) is 5.10 Å². The molecule has 1 amide bonds. The number of thioether (sulfide) groups is 1. The van der Waals surface area contributed by atoms with Crippen LogP contribution in [0.4, 0.5) is 5.69 Å². The number of aromatic nitrogens is 2. The van der Waals surface area contributed by atoms with Crippen LogP contribution in [-0.4, -0.2) is 22.6 Å². The first-order valence-corrected chi connectivity index (χ1v) is 9.37. The minimum Gasteiger partial charge on any atom is -0.396 e. The molecule has 0 spiro atoms. The summed E-state index contributed by atoms with van der Waals surface area (Å²) in [6.07, 6.45) is 3.47. The van der Waals surface area contributed by atoms with Crippen molar-refractivity contribution < 1.29 is 4.79 Å². The zero-order valence-electron chi connectivity index (χ0n) is 15.0. The summed E-state index contributed by atoms with van der Waals surface area (Å²) in [4.78, 5) is 14.5. The standard InChI is InChI=1S/C20H19ClN4OS/c1-13-7-9-15(10-8-13)24(3)20(26)14(2)27-19(21)18(22)16-12-23-25-11-5-4-6-17(16)25/h4-12H,2,22H2,1,3H3/b19-18-. The van der Waals surface area contributed by atoms with Crippen molar-refractivity contribution in [2.45, 2.75) is 6.92 Å². The van der Waals surface area contributed by atoms with E-state index in [1.807, 2.05) is 55.6 Å². The Morgan fingerprint density at radius 3 is 2.67 bits per heavy atom. The van der Waals surface area contributed by atoms with Crippen molar-refractivity contribution in [3.63, 3.8) is 0 Å². The van der Waals surface area contributed by atoms with Crippen LogP contribution >= 0.6 is 23.4 Å². The Bertz CT molecular complexity index is 1040. The van der Waals surface area contributed by atoms with E-state index in [-0.39, 0.29) is 15.2 Å². The SMILES string of the molecule is C=C(S/C(Cl)=C(\N)c1cnn2ccccc12)C(=O)N(C)c1ccc(C)cc1. The molecule has 0 saturated heterocycles. The molecule has 0 bridgehead atoms. The second-order valence-electron chi connectivity index (χ2n) is 6.00. The number of pyridine rings is 1. The molecule has 2 aromatic heterocycles. The van der Waals surface area contributed by atoms with E-state index in [0.29, 0.717) is 11.3 Å². The van der Waals surface area contributed by atoms with Crippen molar-refractivity contribution in [3.8, 4) is 0 Å². The van der Waals surface area contributed by atoms with Gasteiger partial charge in [0.2, 0.25) is 0 Å². The number of hydrogen-bond acceptors (Lipinski definition) is 4. The molecule has 5 nitrogen and oxygen atoms in total. The Morgan fingerprint density at radius 2 is 1.96 bits per heavy atom. The predicted molar refractivity (Wildman–Crippen MR) is 113 cm³/mol. The maximum Gasteiger partial charge on any atom is 0.264 e. The highest BCUT2D eigenvalue weighted by atomic mass is 35.5. The Hall–Kier alpha value is -2.70. The fourth-order valence-corrected chi connectivity index (χ4v) is 3.57. The number of fused-ring (bicyclic) bond motifs is 1. The van der Waals surface area contributed by atoms with Gasteiger partial charge in [0.1, 0.15) is 4.36 Å². The molecule has 27 heavy (non-hydrogen) atoms. The third-order valence-electron chi connectivity index (χ3n) is 4.11. The number of amides is 1. The maximum absolute atomic E-state index is 12.7. The fourth-order valence-electron chi connectivity index (χ4n) is 2.53. The number of likely N-dealkylation sites (N-methyl/N-ethyl adjacent to an activating group) is 1. The van der Waals surface area contributed by atoms with E-state index in [9.17, 15) is 4.79 Å². The summed E-state index contributed by atoms with van der Waals surface area (Å²) in [5.74, 6) is -0.241. The second kappa shape index (κ2) is 7.90. The van der Waals surface area contributed by atoms with Crippen molar-refractivity contribution in [1.82, 2.24) is 9.61 Å². The van der Waals surface area contributed by atoms with Crippen LogP contribution in [0.25, 0.3) is 11.2 Å². The molecule has 7 heteroatoms.